The first-order valence-corrected chi connectivity index (χ1v) is 14.4. The Balaban J connectivity index is 1.19. The Morgan fingerprint density at radius 2 is 0.900 bits per heavy atom. The van der Waals surface area contributed by atoms with Gasteiger partial charge in [0.15, 0.2) is 0 Å². The average Bonchev–Trinajstić information content (AvgIpc) is 2.81. The second-order valence-corrected chi connectivity index (χ2v) is 11.7. The van der Waals surface area contributed by atoms with Gasteiger partial charge in [-0.05, 0) is 74.0 Å². The molecule has 3 fully saturated rings. The first-order chi connectivity index (χ1) is 14.8. The molecule has 0 atom stereocenters. The Kier molecular flexibility index (Phi) is 11.4. The van der Waals surface area contributed by atoms with E-state index in [9.17, 15) is 0 Å². The summed E-state index contributed by atoms with van der Waals surface area (Å²) in [5.41, 5.74) is 0. The molecule has 174 valence electrons. The first kappa shape index (κ1) is 24.4. The Morgan fingerprint density at radius 3 is 1.30 bits per heavy atom. The van der Waals surface area contributed by atoms with Gasteiger partial charge in [-0.2, -0.15) is 0 Å². The number of hydrogen-bond donors (Lipinski definition) is 0. The van der Waals surface area contributed by atoms with Crippen molar-refractivity contribution in [3.63, 3.8) is 0 Å². The molecule has 0 heteroatoms. The third-order valence-corrected chi connectivity index (χ3v) is 9.64. The zero-order valence-corrected chi connectivity index (χ0v) is 20.6. The van der Waals surface area contributed by atoms with Crippen LogP contribution in [-0.2, 0) is 0 Å². The molecule has 3 rings (SSSR count). The fourth-order valence-corrected chi connectivity index (χ4v) is 7.42. The molecular weight excluding hydrogens is 360 g/mol. The van der Waals surface area contributed by atoms with Gasteiger partial charge in [0.1, 0.15) is 0 Å². The van der Waals surface area contributed by atoms with Crippen molar-refractivity contribution in [2.75, 3.05) is 0 Å². The van der Waals surface area contributed by atoms with Crippen molar-refractivity contribution in [3.05, 3.63) is 12.7 Å². The van der Waals surface area contributed by atoms with Gasteiger partial charge in [-0.1, -0.05) is 109 Å². The molecule has 3 aliphatic carbocycles. The third kappa shape index (κ3) is 8.35. The van der Waals surface area contributed by atoms with Crippen LogP contribution in [-0.4, -0.2) is 0 Å². The highest BCUT2D eigenvalue weighted by molar-refractivity contribution is 4.82. The molecule has 0 spiro atoms. The summed E-state index contributed by atoms with van der Waals surface area (Å²) in [5.74, 6) is 6.44. The maximum absolute atomic E-state index is 3.89. The molecule has 0 heterocycles. The van der Waals surface area contributed by atoms with Crippen molar-refractivity contribution < 1.29 is 0 Å². The largest absolute Gasteiger partial charge is 0.103 e. The van der Waals surface area contributed by atoms with Gasteiger partial charge in [0.25, 0.3) is 0 Å². The molecule has 0 radical (unpaired) electrons. The zero-order valence-electron chi connectivity index (χ0n) is 20.6. The summed E-state index contributed by atoms with van der Waals surface area (Å²) in [6.45, 7) is 6.24. The molecule has 0 aromatic heterocycles. The van der Waals surface area contributed by atoms with Crippen molar-refractivity contribution in [3.8, 4) is 0 Å². The fraction of sp³-hybridized carbons (Fsp3) is 0.933. The van der Waals surface area contributed by atoms with Crippen LogP contribution in [0.15, 0.2) is 12.7 Å². The Hall–Kier alpha value is -0.260. The van der Waals surface area contributed by atoms with Crippen molar-refractivity contribution in [1.82, 2.24) is 0 Å². The van der Waals surface area contributed by atoms with Crippen LogP contribution < -0.4 is 0 Å². The van der Waals surface area contributed by atoms with Gasteiger partial charge in [-0.25, -0.2) is 0 Å². The molecule has 0 amide bonds. The second kappa shape index (κ2) is 14.0. The molecule has 30 heavy (non-hydrogen) atoms. The highest BCUT2D eigenvalue weighted by atomic mass is 14.4. The SMILES string of the molecule is C=CCCC1CCC(CCCCC2CCC(C3CCC(CCCC)CC3)CC2)CC1. The normalized spacial score (nSPS) is 35.2. The van der Waals surface area contributed by atoms with Crippen LogP contribution in [0, 0.1) is 35.5 Å². The summed E-state index contributed by atoms with van der Waals surface area (Å²) in [4.78, 5) is 0. The molecule has 0 N–H and O–H groups in total. The van der Waals surface area contributed by atoms with Gasteiger partial charge in [-0.3, -0.25) is 0 Å². The summed E-state index contributed by atoms with van der Waals surface area (Å²) in [7, 11) is 0. The van der Waals surface area contributed by atoms with Crippen LogP contribution in [0.3, 0.4) is 0 Å². The van der Waals surface area contributed by atoms with Gasteiger partial charge < -0.3 is 0 Å². The van der Waals surface area contributed by atoms with E-state index in [1.807, 2.05) is 0 Å². The summed E-state index contributed by atoms with van der Waals surface area (Å²) in [6, 6.07) is 0. The Labute approximate surface area is 190 Å². The number of unbranched alkanes of at least 4 members (excludes halogenated alkanes) is 2. The van der Waals surface area contributed by atoms with E-state index in [0.717, 1.165) is 35.5 Å². The Morgan fingerprint density at radius 1 is 0.533 bits per heavy atom. The molecule has 0 bridgehead atoms. The molecule has 0 nitrogen and oxygen atoms in total. The highest BCUT2D eigenvalue weighted by Gasteiger charge is 2.30. The third-order valence-electron chi connectivity index (χ3n) is 9.64. The molecule has 3 saturated carbocycles. The van der Waals surface area contributed by atoms with Crippen molar-refractivity contribution >= 4 is 0 Å². The lowest BCUT2D eigenvalue weighted by Crippen LogP contribution is -2.26. The molecule has 0 aromatic rings. The van der Waals surface area contributed by atoms with Gasteiger partial charge in [0.05, 0.1) is 0 Å². The highest BCUT2D eigenvalue weighted by Crippen LogP contribution is 2.43. The maximum Gasteiger partial charge on any atom is -0.0351 e. The van der Waals surface area contributed by atoms with E-state index < -0.39 is 0 Å². The quantitative estimate of drug-likeness (QED) is 0.220. The van der Waals surface area contributed by atoms with E-state index in [4.69, 9.17) is 0 Å². The Bertz CT molecular complexity index is 427. The van der Waals surface area contributed by atoms with E-state index >= 15 is 0 Å². The number of allylic oxidation sites excluding steroid dienone is 1. The molecule has 3 aliphatic rings. The minimum atomic E-state index is 1.01. The van der Waals surface area contributed by atoms with Crippen LogP contribution in [0.4, 0.5) is 0 Å². The number of hydrogen-bond acceptors (Lipinski definition) is 0. The standard InChI is InChI=1S/C30H54/c1-3-5-9-25-13-15-27(16-14-25)11-7-8-12-28-19-23-30(24-20-28)29-21-17-26(18-22-29)10-6-4-2/h3,25-30H,1,4-24H2,2H3. The smallest absolute Gasteiger partial charge is 0.0351 e. The van der Waals surface area contributed by atoms with E-state index in [1.165, 1.54) is 77.0 Å². The molecule has 0 aromatic carbocycles. The molecular formula is C30H54. The van der Waals surface area contributed by atoms with E-state index in [0.29, 0.717) is 0 Å². The summed E-state index contributed by atoms with van der Waals surface area (Å²) in [6.07, 6.45) is 33.8. The van der Waals surface area contributed by atoms with Crippen LogP contribution in [0.2, 0.25) is 0 Å². The van der Waals surface area contributed by atoms with E-state index in [-0.39, 0.29) is 0 Å². The topological polar surface area (TPSA) is 0 Å². The summed E-state index contributed by atoms with van der Waals surface area (Å²) in [5, 5.41) is 0. The first-order valence-electron chi connectivity index (χ1n) is 14.4. The van der Waals surface area contributed by atoms with Crippen molar-refractivity contribution in [1.29, 1.82) is 0 Å². The van der Waals surface area contributed by atoms with Gasteiger partial charge in [0.2, 0.25) is 0 Å². The predicted octanol–water partition coefficient (Wildman–Crippen LogP) is 10.1. The molecule has 0 saturated heterocycles. The lowest BCUT2D eigenvalue weighted by molar-refractivity contribution is 0.139. The van der Waals surface area contributed by atoms with E-state index in [1.54, 1.807) is 57.8 Å². The molecule has 0 unspecified atom stereocenters. The van der Waals surface area contributed by atoms with Crippen molar-refractivity contribution in [2.45, 2.75) is 142 Å². The zero-order chi connectivity index (χ0) is 21.0. The second-order valence-electron chi connectivity index (χ2n) is 11.7. The lowest BCUT2D eigenvalue weighted by Gasteiger charge is -2.38. The van der Waals surface area contributed by atoms with Gasteiger partial charge in [0, 0.05) is 0 Å². The maximum atomic E-state index is 3.89. The van der Waals surface area contributed by atoms with Crippen LogP contribution in [0.5, 0.6) is 0 Å². The van der Waals surface area contributed by atoms with Gasteiger partial charge >= 0.3 is 0 Å². The van der Waals surface area contributed by atoms with E-state index in [2.05, 4.69) is 19.6 Å². The number of rotatable bonds is 12. The minimum Gasteiger partial charge on any atom is -0.103 e. The van der Waals surface area contributed by atoms with Crippen LogP contribution >= 0.6 is 0 Å². The van der Waals surface area contributed by atoms with Crippen LogP contribution in [0.1, 0.15) is 142 Å². The van der Waals surface area contributed by atoms with Crippen molar-refractivity contribution in [2.24, 2.45) is 35.5 Å². The summed E-state index contributed by atoms with van der Waals surface area (Å²) >= 11 is 0. The average molecular weight is 415 g/mol. The predicted molar refractivity (Wildman–Crippen MR) is 134 cm³/mol. The fourth-order valence-electron chi connectivity index (χ4n) is 7.42. The lowest BCUT2D eigenvalue weighted by atomic mass is 9.68. The minimum absolute atomic E-state index is 1.01. The van der Waals surface area contributed by atoms with Crippen LogP contribution in [0.25, 0.3) is 0 Å². The molecule has 0 aliphatic heterocycles. The summed E-state index contributed by atoms with van der Waals surface area (Å²) < 4.78 is 0. The van der Waals surface area contributed by atoms with Gasteiger partial charge in [-0.15, -0.1) is 6.58 Å². The monoisotopic (exact) mass is 414 g/mol.